The minimum absolute atomic E-state index is 0.231. The lowest BCUT2D eigenvalue weighted by molar-refractivity contribution is -0.135. The second-order valence-corrected chi connectivity index (χ2v) is 8.07. The number of likely N-dealkylation sites (N-methyl/N-ethyl adjacent to an activating group) is 1. The van der Waals surface area contributed by atoms with Crippen molar-refractivity contribution in [3.63, 3.8) is 0 Å². The molecule has 7 heteroatoms. The summed E-state index contributed by atoms with van der Waals surface area (Å²) in [6, 6.07) is 8.84. The van der Waals surface area contributed by atoms with Crippen molar-refractivity contribution < 1.29 is 14.4 Å². The molecule has 2 aliphatic rings. The SMILES string of the molecule is CCN(C(=O)CN1C(=O)NC2(CCN(CC(C)C)CC2)C1=O)c1ccccc1. The Bertz CT molecular complexity index is 726. The zero-order valence-electron chi connectivity index (χ0n) is 17.0. The Morgan fingerprint density at radius 1 is 1.18 bits per heavy atom. The Hall–Kier alpha value is -2.41. The van der Waals surface area contributed by atoms with Gasteiger partial charge < -0.3 is 15.1 Å². The lowest BCUT2D eigenvalue weighted by Crippen LogP contribution is -2.55. The molecule has 1 aromatic carbocycles. The molecule has 0 aliphatic carbocycles. The van der Waals surface area contributed by atoms with E-state index in [2.05, 4.69) is 24.1 Å². The number of likely N-dealkylation sites (tertiary alicyclic amines) is 1. The van der Waals surface area contributed by atoms with E-state index < -0.39 is 11.6 Å². The molecule has 2 fully saturated rings. The van der Waals surface area contributed by atoms with Gasteiger partial charge in [-0.3, -0.25) is 14.5 Å². The van der Waals surface area contributed by atoms with E-state index in [1.54, 1.807) is 4.90 Å². The number of nitrogens with zero attached hydrogens (tertiary/aromatic N) is 3. The van der Waals surface area contributed by atoms with E-state index in [0.717, 1.165) is 30.2 Å². The van der Waals surface area contributed by atoms with Crippen LogP contribution in [-0.4, -0.2) is 65.9 Å². The van der Waals surface area contributed by atoms with Crippen LogP contribution in [0.4, 0.5) is 10.5 Å². The maximum atomic E-state index is 13.1. The number of carbonyl (C=O) groups excluding carboxylic acids is 3. The van der Waals surface area contributed by atoms with Crippen molar-refractivity contribution in [2.24, 2.45) is 5.92 Å². The monoisotopic (exact) mass is 386 g/mol. The summed E-state index contributed by atoms with van der Waals surface area (Å²) in [6.07, 6.45) is 1.18. The topological polar surface area (TPSA) is 73.0 Å². The number of para-hydroxylation sites is 1. The van der Waals surface area contributed by atoms with Crippen LogP contribution >= 0.6 is 0 Å². The Morgan fingerprint density at radius 3 is 2.39 bits per heavy atom. The molecule has 0 bridgehead atoms. The van der Waals surface area contributed by atoms with Crippen molar-refractivity contribution in [2.45, 2.75) is 39.2 Å². The maximum Gasteiger partial charge on any atom is 0.325 e. The average Bonchev–Trinajstić information content (AvgIpc) is 2.89. The first-order valence-electron chi connectivity index (χ1n) is 10.1. The number of urea groups is 1. The predicted molar refractivity (Wildman–Crippen MR) is 108 cm³/mol. The van der Waals surface area contributed by atoms with Gasteiger partial charge in [0.25, 0.3) is 5.91 Å². The summed E-state index contributed by atoms with van der Waals surface area (Å²) in [5, 5.41) is 2.89. The molecular formula is C21H30N4O3. The first kappa shape index (κ1) is 20.3. The van der Waals surface area contributed by atoms with Gasteiger partial charge in [-0.2, -0.15) is 0 Å². The molecule has 152 valence electrons. The second-order valence-electron chi connectivity index (χ2n) is 8.07. The van der Waals surface area contributed by atoms with E-state index >= 15 is 0 Å². The zero-order chi connectivity index (χ0) is 20.3. The number of hydrogen-bond acceptors (Lipinski definition) is 4. The zero-order valence-corrected chi connectivity index (χ0v) is 17.0. The van der Waals surface area contributed by atoms with Crippen molar-refractivity contribution in [1.29, 1.82) is 0 Å². The molecule has 1 N–H and O–H groups in total. The van der Waals surface area contributed by atoms with Crippen LogP contribution in [0.2, 0.25) is 0 Å². The molecule has 0 radical (unpaired) electrons. The van der Waals surface area contributed by atoms with Gasteiger partial charge in [0.2, 0.25) is 5.91 Å². The maximum absolute atomic E-state index is 13.1. The Labute approximate surface area is 166 Å². The summed E-state index contributed by atoms with van der Waals surface area (Å²) < 4.78 is 0. The minimum Gasteiger partial charge on any atom is -0.323 e. The second kappa shape index (κ2) is 8.31. The van der Waals surface area contributed by atoms with Crippen molar-refractivity contribution in [3.8, 4) is 0 Å². The Kier molecular flexibility index (Phi) is 6.03. The summed E-state index contributed by atoms with van der Waals surface area (Å²) in [7, 11) is 0. The molecule has 2 aliphatic heterocycles. The lowest BCUT2D eigenvalue weighted by Gasteiger charge is -2.38. The normalized spacial score (nSPS) is 19.4. The number of amides is 4. The number of imide groups is 1. The fourth-order valence-electron chi connectivity index (χ4n) is 4.12. The summed E-state index contributed by atoms with van der Waals surface area (Å²) in [4.78, 5) is 43.4. The molecule has 1 aromatic rings. The van der Waals surface area contributed by atoms with E-state index in [-0.39, 0.29) is 18.4 Å². The third-order valence-electron chi connectivity index (χ3n) is 5.56. The van der Waals surface area contributed by atoms with E-state index in [1.165, 1.54) is 0 Å². The van der Waals surface area contributed by atoms with Crippen molar-refractivity contribution >= 4 is 23.5 Å². The van der Waals surface area contributed by atoms with Crippen molar-refractivity contribution in [1.82, 2.24) is 15.1 Å². The van der Waals surface area contributed by atoms with E-state index in [9.17, 15) is 14.4 Å². The van der Waals surface area contributed by atoms with Gasteiger partial charge in [-0.1, -0.05) is 32.0 Å². The predicted octanol–water partition coefficient (Wildman–Crippen LogP) is 2.08. The van der Waals surface area contributed by atoms with Crippen molar-refractivity contribution in [3.05, 3.63) is 30.3 Å². The van der Waals surface area contributed by atoms with Gasteiger partial charge in [-0.05, 0) is 37.8 Å². The molecular weight excluding hydrogens is 356 g/mol. The summed E-state index contributed by atoms with van der Waals surface area (Å²) in [5.41, 5.74) is -0.0898. The highest BCUT2D eigenvalue weighted by Crippen LogP contribution is 2.30. The van der Waals surface area contributed by atoms with Crippen LogP contribution in [0.15, 0.2) is 30.3 Å². The van der Waals surface area contributed by atoms with Crippen LogP contribution in [0, 0.1) is 5.92 Å². The molecule has 3 rings (SSSR count). The minimum atomic E-state index is -0.853. The number of piperidine rings is 1. The number of rotatable bonds is 6. The number of carbonyl (C=O) groups is 3. The molecule has 28 heavy (non-hydrogen) atoms. The number of benzene rings is 1. The van der Waals surface area contributed by atoms with Crippen LogP contribution in [0.25, 0.3) is 0 Å². The molecule has 0 unspecified atom stereocenters. The highest BCUT2D eigenvalue weighted by Gasteiger charge is 2.52. The number of nitrogens with one attached hydrogen (secondary N) is 1. The summed E-state index contributed by atoms with van der Waals surface area (Å²) >= 11 is 0. The molecule has 0 saturated carbocycles. The smallest absolute Gasteiger partial charge is 0.323 e. The highest BCUT2D eigenvalue weighted by molar-refractivity contribution is 6.10. The summed E-state index contributed by atoms with van der Waals surface area (Å²) in [6.45, 7) is 9.01. The standard InChI is InChI=1S/C21H30N4O3/c1-4-24(17-8-6-5-7-9-17)18(26)15-25-19(27)21(22-20(25)28)10-12-23(13-11-21)14-16(2)3/h5-9,16H,4,10-15H2,1-3H3,(H,22,28). The third kappa shape index (κ3) is 4.04. The van der Waals surface area contributed by atoms with Crippen LogP contribution in [-0.2, 0) is 9.59 Å². The van der Waals surface area contributed by atoms with E-state index in [1.807, 2.05) is 37.3 Å². The molecule has 2 heterocycles. The van der Waals surface area contributed by atoms with Crippen LogP contribution in [0.3, 0.4) is 0 Å². The average molecular weight is 386 g/mol. The van der Waals surface area contributed by atoms with Crippen LogP contribution in [0.5, 0.6) is 0 Å². The Balaban J connectivity index is 1.66. The van der Waals surface area contributed by atoms with Gasteiger partial charge in [0.15, 0.2) is 0 Å². The van der Waals surface area contributed by atoms with E-state index in [4.69, 9.17) is 0 Å². The van der Waals surface area contributed by atoms with Gasteiger partial charge in [0, 0.05) is 31.9 Å². The van der Waals surface area contributed by atoms with Gasteiger partial charge >= 0.3 is 6.03 Å². The molecule has 4 amide bonds. The number of anilines is 1. The van der Waals surface area contributed by atoms with E-state index in [0.29, 0.717) is 25.3 Å². The third-order valence-corrected chi connectivity index (χ3v) is 5.56. The fraction of sp³-hybridized carbons (Fsp3) is 0.571. The van der Waals surface area contributed by atoms with Gasteiger partial charge in [-0.25, -0.2) is 4.79 Å². The van der Waals surface area contributed by atoms with Gasteiger partial charge in [0.05, 0.1) is 0 Å². The molecule has 7 nitrogen and oxygen atoms in total. The molecule has 2 saturated heterocycles. The molecule has 1 spiro atoms. The first-order chi connectivity index (χ1) is 13.4. The first-order valence-corrected chi connectivity index (χ1v) is 10.1. The summed E-state index contributed by atoms with van der Waals surface area (Å²) in [5.74, 6) is 0.0423. The quantitative estimate of drug-likeness (QED) is 0.760. The van der Waals surface area contributed by atoms with Crippen molar-refractivity contribution in [2.75, 3.05) is 37.6 Å². The highest BCUT2D eigenvalue weighted by atomic mass is 16.2. The lowest BCUT2D eigenvalue weighted by atomic mass is 9.87. The van der Waals surface area contributed by atoms with Crippen LogP contribution in [0.1, 0.15) is 33.6 Å². The molecule has 0 aromatic heterocycles. The van der Waals surface area contributed by atoms with Crippen LogP contribution < -0.4 is 10.2 Å². The largest absolute Gasteiger partial charge is 0.325 e. The number of hydrogen-bond donors (Lipinski definition) is 1. The molecule has 0 atom stereocenters. The Morgan fingerprint density at radius 2 is 1.82 bits per heavy atom. The van der Waals surface area contributed by atoms with Gasteiger partial charge in [0.1, 0.15) is 12.1 Å². The van der Waals surface area contributed by atoms with Gasteiger partial charge in [-0.15, -0.1) is 0 Å². The fourth-order valence-corrected chi connectivity index (χ4v) is 4.12.